The van der Waals surface area contributed by atoms with Gasteiger partial charge in [-0.25, -0.2) is 0 Å². The van der Waals surface area contributed by atoms with Crippen LogP contribution in [0, 0.1) is 5.92 Å². The van der Waals surface area contributed by atoms with Crippen LogP contribution in [0.2, 0.25) is 0 Å². The smallest absolute Gasteiger partial charge is 0.176 e. The molecular formula is C16H22N4O2S. The van der Waals surface area contributed by atoms with Crippen molar-refractivity contribution < 1.29 is 9.53 Å². The van der Waals surface area contributed by atoms with Gasteiger partial charge in [0.05, 0.1) is 22.7 Å². The number of nitrogens with zero attached hydrogens (tertiary/aromatic N) is 3. The van der Waals surface area contributed by atoms with Gasteiger partial charge in [-0.05, 0) is 36.2 Å². The van der Waals surface area contributed by atoms with E-state index in [1.165, 1.54) is 11.3 Å². The Morgan fingerprint density at radius 3 is 2.87 bits per heavy atom. The van der Waals surface area contributed by atoms with Crippen molar-refractivity contribution in [2.45, 2.75) is 51.7 Å². The molecule has 0 amide bonds. The summed E-state index contributed by atoms with van der Waals surface area (Å²) < 4.78 is 6.00. The van der Waals surface area contributed by atoms with E-state index in [9.17, 15) is 4.79 Å². The van der Waals surface area contributed by atoms with Gasteiger partial charge in [0.15, 0.2) is 5.78 Å². The number of ether oxygens (including phenoxy) is 1. The zero-order chi connectivity index (χ0) is 16.8. The molecule has 124 valence electrons. The number of hydrogen-bond acceptors (Lipinski definition) is 5. The van der Waals surface area contributed by atoms with Crippen LogP contribution < -0.4 is 5.73 Å². The highest BCUT2D eigenvalue weighted by Gasteiger charge is 2.34. The largest absolute Gasteiger partial charge is 0.493 e. The standard InChI is InChI=1S/C16H22N4O2S/c1-3-11(4-2)22-13-9-10(8-12(15(13)17)19-20-18)16(21)14-6-5-7-23-14/h5-7,10-12H,3-4,8-9,17H2,1-2H3/t10?,12-/m0/s1. The van der Waals surface area contributed by atoms with Crippen LogP contribution in [0.3, 0.4) is 0 Å². The summed E-state index contributed by atoms with van der Waals surface area (Å²) >= 11 is 1.42. The number of azide groups is 1. The Balaban J connectivity index is 2.25. The fourth-order valence-electron chi connectivity index (χ4n) is 2.77. The first-order chi connectivity index (χ1) is 11.1. The fraction of sp³-hybridized carbons (Fsp3) is 0.562. The minimum absolute atomic E-state index is 0.0610. The Bertz CT molecular complexity index is 616. The SMILES string of the molecule is CCC(CC)OC1=C(N)[C@@H](N=[N+]=[N-])CC(C(=O)c2cccs2)C1. The summed E-state index contributed by atoms with van der Waals surface area (Å²) in [5, 5.41) is 5.64. The van der Waals surface area contributed by atoms with E-state index in [0.29, 0.717) is 24.3 Å². The van der Waals surface area contributed by atoms with Crippen molar-refractivity contribution in [1.82, 2.24) is 0 Å². The Labute approximate surface area is 140 Å². The van der Waals surface area contributed by atoms with Gasteiger partial charge in [0.1, 0.15) is 5.76 Å². The molecule has 2 N–H and O–H groups in total. The average Bonchev–Trinajstić information content (AvgIpc) is 3.09. The summed E-state index contributed by atoms with van der Waals surface area (Å²) in [7, 11) is 0. The average molecular weight is 334 g/mol. The molecule has 0 spiro atoms. The minimum Gasteiger partial charge on any atom is -0.493 e. The monoisotopic (exact) mass is 334 g/mol. The van der Waals surface area contributed by atoms with Crippen molar-refractivity contribution in [2.75, 3.05) is 0 Å². The van der Waals surface area contributed by atoms with Crippen LogP contribution in [0.15, 0.2) is 34.1 Å². The molecule has 6 nitrogen and oxygen atoms in total. The Hall–Kier alpha value is -1.98. The van der Waals surface area contributed by atoms with Gasteiger partial charge in [0, 0.05) is 17.3 Å². The van der Waals surface area contributed by atoms with Crippen LogP contribution in [0.25, 0.3) is 10.4 Å². The van der Waals surface area contributed by atoms with Gasteiger partial charge in [0.2, 0.25) is 0 Å². The van der Waals surface area contributed by atoms with Crippen molar-refractivity contribution in [3.8, 4) is 0 Å². The maximum Gasteiger partial charge on any atom is 0.176 e. The van der Waals surface area contributed by atoms with E-state index in [0.717, 1.165) is 17.7 Å². The van der Waals surface area contributed by atoms with E-state index in [1.807, 2.05) is 31.4 Å². The topological polar surface area (TPSA) is 101 Å². The first kappa shape index (κ1) is 17.4. The number of Topliss-reactive ketones (excluding diaryl/α,β-unsaturated/α-hetero) is 1. The van der Waals surface area contributed by atoms with Gasteiger partial charge in [-0.15, -0.1) is 11.3 Å². The van der Waals surface area contributed by atoms with Gasteiger partial charge in [0.25, 0.3) is 0 Å². The molecule has 0 aliphatic heterocycles. The molecule has 23 heavy (non-hydrogen) atoms. The number of ketones is 1. The van der Waals surface area contributed by atoms with E-state index in [-0.39, 0.29) is 17.8 Å². The summed E-state index contributed by atoms with van der Waals surface area (Å²) in [4.78, 5) is 16.2. The maximum absolute atomic E-state index is 12.6. The van der Waals surface area contributed by atoms with E-state index < -0.39 is 6.04 Å². The van der Waals surface area contributed by atoms with Gasteiger partial charge >= 0.3 is 0 Å². The van der Waals surface area contributed by atoms with Crippen molar-refractivity contribution in [3.05, 3.63) is 44.3 Å². The molecule has 2 rings (SSSR count). The predicted molar refractivity (Wildman–Crippen MR) is 91.0 cm³/mol. The van der Waals surface area contributed by atoms with Crippen molar-refractivity contribution >= 4 is 17.1 Å². The molecule has 1 heterocycles. The Kier molecular flexibility index (Phi) is 6.07. The highest BCUT2D eigenvalue weighted by Crippen LogP contribution is 2.34. The first-order valence-electron chi connectivity index (χ1n) is 7.87. The molecule has 0 saturated carbocycles. The fourth-order valence-corrected chi connectivity index (χ4v) is 3.52. The van der Waals surface area contributed by atoms with Crippen molar-refractivity contribution in [2.24, 2.45) is 16.8 Å². The van der Waals surface area contributed by atoms with Gasteiger partial charge in [-0.2, -0.15) is 0 Å². The quantitative estimate of drug-likeness (QED) is 0.346. The molecule has 0 aromatic carbocycles. The molecule has 0 bridgehead atoms. The molecule has 1 unspecified atom stereocenters. The van der Waals surface area contributed by atoms with Crippen molar-refractivity contribution in [1.29, 1.82) is 0 Å². The third kappa shape index (κ3) is 4.06. The molecule has 1 aromatic rings. The first-order valence-corrected chi connectivity index (χ1v) is 8.75. The lowest BCUT2D eigenvalue weighted by Gasteiger charge is -2.30. The van der Waals surface area contributed by atoms with Crippen molar-refractivity contribution in [3.63, 3.8) is 0 Å². The third-order valence-corrected chi connectivity index (χ3v) is 5.05. The van der Waals surface area contributed by atoms with E-state index >= 15 is 0 Å². The molecule has 0 fully saturated rings. The highest BCUT2D eigenvalue weighted by atomic mass is 32.1. The Morgan fingerprint density at radius 1 is 1.57 bits per heavy atom. The maximum atomic E-state index is 12.6. The number of hydrogen-bond donors (Lipinski definition) is 1. The normalized spacial score (nSPS) is 21.2. The Morgan fingerprint density at radius 2 is 2.30 bits per heavy atom. The molecule has 1 aliphatic carbocycles. The molecule has 0 saturated heterocycles. The van der Waals surface area contributed by atoms with Gasteiger partial charge in [-0.1, -0.05) is 25.0 Å². The summed E-state index contributed by atoms with van der Waals surface area (Å²) in [6.07, 6.45) is 2.69. The minimum atomic E-state index is -0.521. The lowest BCUT2D eigenvalue weighted by atomic mass is 9.84. The summed E-state index contributed by atoms with van der Waals surface area (Å²) in [6, 6.07) is 3.16. The zero-order valence-electron chi connectivity index (χ0n) is 13.4. The number of allylic oxidation sites excluding steroid dienone is 1. The number of thiophene rings is 1. The van der Waals surface area contributed by atoms with E-state index in [2.05, 4.69) is 10.0 Å². The molecule has 1 aliphatic rings. The molecule has 0 radical (unpaired) electrons. The number of rotatable bonds is 7. The van der Waals surface area contributed by atoms with Crippen LogP contribution in [0.5, 0.6) is 0 Å². The second-order valence-electron chi connectivity index (χ2n) is 5.63. The number of carbonyl (C=O) groups is 1. The summed E-state index contributed by atoms with van der Waals surface area (Å²) in [5.41, 5.74) is 15.4. The summed E-state index contributed by atoms with van der Waals surface area (Å²) in [6.45, 7) is 4.10. The molecule has 7 heteroatoms. The van der Waals surface area contributed by atoms with E-state index in [4.69, 9.17) is 16.0 Å². The third-order valence-electron chi connectivity index (χ3n) is 4.17. The lowest BCUT2D eigenvalue weighted by Crippen LogP contribution is -2.32. The van der Waals surface area contributed by atoms with Crippen LogP contribution in [0.1, 0.15) is 49.2 Å². The number of nitrogens with two attached hydrogens (primary N) is 1. The second kappa shape index (κ2) is 8.04. The second-order valence-corrected chi connectivity index (χ2v) is 6.58. The predicted octanol–water partition coefficient (Wildman–Crippen LogP) is 4.40. The zero-order valence-corrected chi connectivity index (χ0v) is 14.3. The summed E-state index contributed by atoms with van der Waals surface area (Å²) in [5.74, 6) is 0.411. The van der Waals surface area contributed by atoms with Crippen LogP contribution in [0.4, 0.5) is 0 Å². The van der Waals surface area contributed by atoms with Gasteiger partial charge in [-0.3, -0.25) is 4.79 Å². The van der Waals surface area contributed by atoms with E-state index in [1.54, 1.807) is 0 Å². The lowest BCUT2D eigenvalue weighted by molar-refractivity contribution is 0.0745. The van der Waals surface area contributed by atoms with Crippen LogP contribution in [-0.2, 0) is 4.74 Å². The molecule has 2 atom stereocenters. The highest BCUT2D eigenvalue weighted by molar-refractivity contribution is 7.12. The number of carbonyl (C=O) groups excluding carboxylic acids is 1. The van der Waals surface area contributed by atoms with Gasteiger partial charge < -0.3 is 10.5 Å². The molecule has 1 aromatic heterocycles. The van der Waals surface area contributed by atoms with Crippen LogP contribution in [-0.4, -0.2) is 17.9 Å². The van der Waals surface area contributed by atoms with Crippen LogP contribution >= 0.6 is 11.3 Å². The molecular weight excluding hydrogens is 312 g/mol.